The van der Waals surface area contributed by atoms with Gasteiger partial charge in [-0.25, -0.2) is 9.78 Å². The number of esters is 1. The largest absolute Gasteiger partial charge is 0.465 e. The molecule has 0 amide bonds. The van der Waals surface area contributed by atoms with Crippen LogP contribution in [0.1, 0.15) is 64.4 Å². The molecule has 1 saturated carbocycles. The Hall–Kier alpha value is -5.82. The van der Waals surface area contributed by atoms with Gasteiger partial charge in [0.25, 0.3) is 0 Å². The fourth-order valence-electron chi connectivity index (χ4n) is 6.29. The lowest BCUT2D eigenvalue weighted by Crippen LogP contribution is -2.09. The molecule has 3 aromatic heterocycles. The van der Waals surface area contributed by atoms with Crippen LogP contribution in [0.2, 0.25) is 0 Å². The molecule has 3 heterocycles. The monoisotopic (exact) mass is 663 g/mol. The van der Waals surface area contributed by atoms with Crippen LogP contribution in [0.4, 0.5) is 17.2 Å². The van der Waals surface area contributed by atoms with Crippen molar-refractivity contribution >= 4 is 45.0 Å². The molecule has 254 valence electrons. The first-order valence-electron chi connectivity index (χ1n) is 16.7. The number of fused-ring (bicyclic) bond motifs is 2. The highest BCUT2D eigenvalue weighted by atomic mass is 16.5. The van der Waals surface area contributed by atoms with E-state index in [0.717, 1.165) is 59.4 Å². The summed E-state index contributed by atoms with van der Waals surface area (Å²) in [5, 5.41) is 5.71. The van der Waals surface area contributed by atoms with Gasteiger partial charge in [-0.1, -0.05) is 68.1 Å². The van der Waals surface area contributed by atoms with Crippen molar-refractivity contribution in [3.8, 4) is 0 Å². The lowest BCUT2D eigenvalue weighted by molar-refractivity contribution is 0.0601. The molecule has 1 aliphatic carbocycles. The zero-order chi connectivity index (χ0) is 33.9. The summed E-state index contributed by atoms with van der Waals surface area (Å²) in [5.41, 5.74) is 16.5. The molecular weight excluding hydrogens is 619 g/mol. The van der Waals surface area contributed by atoms with Crippen molar-refractivity contribution < 1.29 is 9.53 Å². The standard InChI is InChI=1S/C26H25N3O2.C16H16N2.CH4/c1-17-12-24-20(10-11-29(24)16-18-6-4-3-5-7-18)14-23(17)28-25-22(26(30)31-2)13-21(15-27-25)19-8-9-19;1-12-9-16-14(10-15(12)17)7-8-18(16)11-13-5-3-2-4-6-13;/h3-7,10-15,19H,8-9,16H2,1-2H3,(H,27,28);2-10H,11,17H2,1H3;1H4. The molecule has 0 saturated heterocycles. The SMILES string of the molecule is C.COC(=O)c1cc(C2CC2)cnc1Nc1cc2ccn(Cc3ccccc3)c2cc1C.Cc1cc2c(ccn2Cc2ccccc2)cc1N. The number of carbonyl (C=O) groups is 1. The van der Waals surface area contributed by atoms with Crippen molar-refractivity contribution in [1.29, 1.82) is 0 Å². The minimum Gasteiger partial charge on any atom is -0.465 e. The molecule has 7 aromatic rings. The maximum Gasteiger partial charge on any atom is 0.341 e. The second-order valence-corrected chi connectivity index (χ2v) is 12.9. The van der Waals surface area contributed by atoms with Crippen molar-refractivity contribution in [1.82, 2.24) is 14.1 Å². The molecule has 1 aliphatic rings. The first-order chi connectivity index (χ1) is 23.9. The predicted molar refractivity (Wildman–Crippen MR) is 206 cm³/mol. The van der Waals surface area contributed by atoms with E-state index in [2.05, 4.69) is 125 Å². The van der Waals surface area contributed by atoms with Gasteiger partial charge in [-0.2, -0.15) is 0 Å². The molecule has 7 nitrogen and oxygen atoms in total. The van der Waals surface area contributed by atoms with Crippen LogP contribution in [0, 0.1) is 13.8 Å². The Morgan fingerprint density at radius 2 is 1.36 bits per heavy atom. The van der Waals surface area contributed by atoms with Gasteiger partial charge in [0.15, 0.2) is 0 Å². The lowest BCUT2D eigenvalue weighted by Gasteiger charge is -2.14. The van der Waals surface area contributed by atoms with E-state index in [4.69, 9.17) is 10.5 Å². The Kier molecular flexibility index (Phi) is 10.0. The molecule has 50 heavy (non-hydrogen) atoms. The van der Waals surface area contributed by atoms with Gasteiger partial charge in [0.1, 0.15) is 11.4 Å². The second-order valence-electron chi connectivity index (χ2n) is 12.9. The molecule has 0 spiro atoms. The van der Waals surface area contributed by atoms with Gasteiger partial charge >= 0.3 is 5.97 Å². The molecule has 0 unspecified atom stereocenters. The van der Waals surface area contributed by atoms with Crippen molar-refractivity contribution in [3.63, 3.8) is 0 Å². The van der Waals surface area contributed by atoms with Gasteiger partial charge < -0.3 is 24.9 Å². The first-order valence-corrected chi connectivity index (χ1v) is 16.7. The highest BCUT2D eigenvalue weighted by molar-refractivity contribution is 5.96. The summed E-state index contributed by atoms with van der Waals surface area (Å²) in [6.07, 6.45) is 8.42. The molecule has 8 rings (SSSR count). The summed E-state index contributed by atoms with van der Waals surface area (Å²) in [7, 11) is 1.41. The third-order valence-electron chi connectivity index (χ3n) is 9.28. The van der Waals surface area contributed by atoms with Crippen molar-refractivity contribution in [2.24, 2.45) is 0 Å². The minimum absolute atomic E-state index is 0. The average Bonchev–Trinajstić information content (AvgIpc) is 3.82. The molecule has 1 fully saturated rings. The summed E-state index contributed by atoms with van der Waals surface area (Å²) in [6.45, 7) is 5.84. The number of ether oxygens (including phenoxy) is 1. The molecule has 3 N–H and O–H groups in total. The lowest BCUT2D eigenvalue weighted by atomic mass is 10.1. The number of carbonyl (C=O) groups excluding carboxylic acids is 1. The number of aryl methyl sites for hydroxylation is 2. The van der Waals surface area contributed by atoms with E-state index < -0.39 is 0 Å². The van der Waals surface area contributed by atoms with Crippen molar-refractivity contribution in [2.75, 3.05) is 18.2 Å². The number of nitrogens with two attached hydrogens (primary N) is 1. The molecule has 0 bridgehead atoms. The molecule has 4 aromatic carbocycles. The van der Waals surface area contributed by atoms with E-state index >= 15 is 0 Å². The van der Waals surface area contributed by atoms with Crippen molar-refractivity contribution in [2.45, 2.75) is 53.1 Å². The number of rotatable bonds is 8. The number of nitrogens with one attached hydrogen (secondary N) is 1. The number of anilines is 3. The van der Waals surface area contributed by atoms with Gasteiger partial charge in [-0.15, -0.1) is 0 Å². The number of pyridine rings is 1. The van der Waals surface area contributed by atoms with Gasteiger partial charge in [0.05, 0.1) is 7.11 Å². The summed E-state index contributed by atoms with van der Waals surface area (Å²) < 4.78 is 9.52. The Balaban J connectivity index is 0.000000194. The highest BCUT2D eigenvalue weighted by Gasteiger charge is 2.26. The molecule has 0 radical (unpaired) electrons. The summed E-state index contributed by atoms with van der Waals surface area (Å²) in [6, 6.07) is 35.6. The second kappa shape index (κ2) is 14.7. The van der Waals surface area contributed by atoms with E-state index in [0.29, 0.717) is 17.3 Å². The first kappa shape index (κ1) is 34.1. The van der Waals surface area contributed by atoms with Gasteiger partial charge in [0.2, 0.25) is 0 Å². The van der Waals surface area contributed by atoms with Gasteiger partial charge in [0, 0.05) is 64.9 Å². The molecular formula is C43H45N5O2. The summed E-state index contributed by atoms with van der Waals surface area (Å²) in [5.74, 6) is 0.681. The number of hydrogen-bond donors (Lipinski definition) is 2. The Morgan fingerprint density at radius 1 is 0.800 bits per heavy atom. The molecule has 0 atom stereocenters. The van der Waals surface area contributed by atoms with Crippen LogP contribution in [-0.2, 0) is 17.8 Å². The fourth-order valence-corrected chi connectivity index (χ4v) is 6.29. The Bertz CT molecular complexity index is 2250. The van der Waals surface area contributed by atoms with Crippen LogP contribution >= 0.6 is 0 Å². The maximum atomic E-state index is 12.4. The van der Waals surface area contributed by atoms with E-state index in [9.17, 15) is 4.79 Å². The van der Waals surface area contributed by atoms with Gasteiger partial charge in [-0.05, 0) is 103 Å². The number of aromatic nitrogens is 3. The number of nitrogen functional groups attached to an aromatic ring is 1. The maximum absolute atomic E-state index is 12.4. The zero-order valence-corrected chi connectivity index (χ0v) is 28.2. The third kappa shape index (κ3) is 7.42. The molecule has 0 aliphatic heterocycles. The van der Waals surface area contributed by atoms with Crippen LogP contribution in [0.5, 0.6) is 0 Å². The summed E-state index contributed by atoms with van der Waals surface area (Å²) in [4.78, 5) is 17.0. The zero-order valence-electron chi connectivity index (χ0n) is 28.2. The predicted octanol–water partition coefficient (Wildman–Crippen LogP) is 10.0. The van der Waals surface area contributed by atoms with E-state index in [1.54, 1.807) is 0 Å². The Morgan fingerprint density at radius 3 is 1.92 bits per heavy atom. The van der Waals surface area contributed by atoms with Crippen LogP contribution in [0.25, 0.3) is 21.8 Å². The highest BCUT2D eigenvalue weighted by Crippen LogP contribution is 2.41. The van der Waals surface area contributed by atoms with Gasteiger partial charge in [-0.3, -0.25) is 0 Å². The number of benzene rings is 4. The fraction of sp³-hybridized carbons (Fsp3) is 0.209. The van der Waals surface area contributed by atoms with Crippen molar-refractivity contribution in [3.05, 3.63) is 155 Å². The van der Waals surface area contributed by atoms with Crippen LogP contribution in [0.15, 0.2) is 122 Å². The number of hydrogen-bond acceptors (Lipinski definition) is 5. The topological polar surface area (TPSA) is 87.1 Å². The number of nitrogens with zero attached hydrogens (tertiary/aromatic N) is 3. The van der Waals surface area contributed by atoms with E-state index in [1.165, 1.54) is 34.7 Å². The average molecular weight is 664 g/mol. The van der Waals surface area contributed by atoms with Crippen LogP contribution in [0.3, 0.4) is 0 Å². The third-order valence-corrected chi connectivity index (χ3v) is 9.28. The quantitative estimate of drug-likeness (QED) is 0.125. The number of methoxy groups -OCH3 is 1. The normalized spacial score (nSPS) is 12.2. The smallest absolute Gasteiger partial charge is 0.341 e. The van der Waals surface area contributed by atoms with Crippen LogP contribution in [-0.4, -0.2) is 27.2 Å². The summed E-state index contributed by atoms with van der Waals surface area (Å²) >= 11 is 0. The molecule has 7 heteroatoms. The van der Waals surface area contributed by atoms with E-state index in [1.807, 2.05) is 30.5 Å². The Labute approximate surface area is 294 Å². The van der Waals surface area contributed by atoms with E-state index in [-0.39, 0.29) is 13.4 Å². The van der Waals surface area contributed by atoms with Crippen LogP contribution < -0.4 is 11.1 Å². The minimum atomic E-state index is -0.370.